The third kappa shape index (κ3) is 6.00. The molecule has 2 aromatic carbocycles. The number of benzene rings is 2. The van der Waals surface area contributed by atoms with Crippen LogP contribution in [0.4, 0.5) is 5.69 Å². The van der Waals surface area contributed by atoms with Crippen LogP contribution in [0.1, 0.15) is 22.3 Å². The van der Waals surface area contributed by atoms with Crippen LogP contribution in [0.3, 0.4) is 0 Å². The number of carbonyl (C=O) groups is 2. The Morgan fingerprint density at radius 2 is 1.70 bits per heavy atom. The van der Waals surface area contributed by atoms with Crippen molar-refractivity contribution in [2.24, 2.45) is 5.73 Å². The minimum atomic E-state index is -0.270. The molecule has 2 amide bonds. The number of amides is 2. The fourth-order valence-corrected chi connectivity index (χ4v) is 2.55. The Balaban J connectivity index is 2.01. The van der Waals surface area contributed by atoms with E-state index in [-0.39, 0.29) is 18.2 Å². The molecule has 0 spiro atoms. The third-order valence-electron chi connectivity index (χ3n) is 3.93. The lowest BCUT2D eigenvalue weighted by Crippen LogP contribution is -2.30. The van der Waals surface area contributed by atoms with Crippen molar-refractivity contribution in [1.29, 1.82) is 0 Å². The number of methoxy groups -OCH3 is 2. The number of ether oxygens (including phenoxy) is 2. The number of nitrogens with one attached hydrogen (secondary N) is 2. The van der Waals surface area contributed by atoms with Gasteiger partial charge in [0.05, 0.1) is 25.5 Å². The van der Waals surface area contributed by atoms with E-state index in [0.717, 1.165) is 5.56 Å². The highest BCUT2D eigenvalue weighted by Crippen LogP contribution is 2.23. The highest BCUT2D eigenvalue weighted by Gasteiger charge is 2.13. The second kappa shape index (κ2) is 10.2. The van der Waals surface area contributed by atoms with Gasteiger partial charge in [0.2, 0.25) is 5.91 Å². The van der Waals surface area contributed by atoms with Gasteiger partial charge in [-0.25, -0.2) is 0 Å². The van der Waals surface area contributed by atoms with E-state index in [1.54, 1.807) is 44.6 Å². The number of anilines is 1. The van der Waals surface area contributed by atoms with Gasteiger partial charge in [0.1, 0.15) is 11.5 Å². The zero-order chi connectivity index (χ0) is 19.6. The highest BCUT2D eigenvalue weighted by atomic mass is 16.5. The summed E-state index contributed by atoms with van der Waals surface area (Å²) in [4.78, 5) is 24.5. The van der Waals surface area contributed by atoms with Crippen LogP contribution in [0.2, 0.25) is 0 Å². The quantitative estimate of drug-likeness (QED) is 0.625. The molecule has 0 bridgehead atoms. The molecule has 0 aromatic heterocycles. The van der Waals surface area contributed by atoms with E-state index in [9.17, 15) is 9.59 Å². The van der Waals surface area contributed by atoms with Crippen molar-refractivity contribution in [3.63, 3.8) is 0 Å². The SMILES string of the molecule is COc1cc(CCC(=O)Nc2ccccc2C(=O)NCCN)cc(OC)c1. The molecule has 0 atom stereocenters. The molecule has 0 saturated carbocycles. The van der Waals surface area contributed by atoms with E-state index < -0.39 is 0 Å². The van der Waals surface area contributed by atoms with Gasteiger partial charge in [-0.3, -0.25) is 9.59 Å². The largest absolute Gasteiger partial charge is 0.497 e. The van der Waals surface area contributed by atoms with E-state index >= 15 is 0 Å². The lowest BCUT2D eigenvalue weighted by molar-refractivity contribution is -0.116. The number of rotatable bonds is 9. The molecule has 0 fully saturated rings. The van der Waals surface area contributed by atoms with Crippen LogP contribution < -0.4 is 25.8 Å². The topological polar surface area (TPSA) is 103 Å². The summed E-state index contributed by atoms with van der Waals surface area (Å²) < 4.78 is 10.5. The van der Waals surface area contributed by atoms with Gasteiger partial charge in [-0.15, -0.1) is 0 Å². The number of para-hydroxylation sites is 1. The zero-order valence-electron chi connectivity index (χ0n) is 15.6. The monoisotopic (exact) mass is 371 g/mol. The van der Waals surface area contributed by atoms with Crippen LogP contribution in [-0.4, -0.2) is 39.1 Å². The summed E-state index contributed by atoms with van der Waals surface area (Å²) in [5.41, 5.74) is 7.21. The average molecular weight is 371 g/mol. The zero-order valence-corrected chi connectivity index (χ0v) is 15.6. The van der Waals surface area contributed by atoms with Crippen molar-refractivity contribution in [3.8, 4) is 11.5 Å². The van der Waals surface area contributed by atoms with Gasteiger partial charge < -0.3 is 25.8 Å². The molecule has 7 nitrogen and oxygen atoms in total. The maximum Gasteiger partial charge on any atom is 0.253 e. The first-order chi connectivity index (χ1) is 13.1. The van der Waals surface area contributed by atoms with Gasteiger partial charge in [0.15, 0.2) is 0 Å². The first kappa shape index (κ1) is 20.3. The van der Waals surface area contributed by atoms with E-state index in [1.165, 1.54) is 0 Å². The lowest BCUT2D eigenvalue weighted by atomic mass is 10.1. The van der Waals surface area contributed by atoms with Gasteiger partial charge in [0.25, 0.3) is 5.91 Å². The number of nitrogens with two attached hydrogens (primary N) is 1. The van der Waals surface area contributed by atoms with Gasteiger partial charge in [-0.1, -0.05) is 12.1 Å². The standard InChI is InChI=1S/C20H25N3O4/c1-26-15-11-14(12-16(13-15)27-2)7-8-19(24)23-18-6-4-3-5-17(18)20(25)22-10-9-21/h3-6,11-13H,7-10,21H2,1-2H3,(H,22,25)(H,23,24). The molecule has 0 aliphatic carbocycles. The number of aryl methyl sites for hydroxylation is 1. The molecular weight excluding hydrogens is 346 g/mol. The molecule has 0 aliphatic heterocycles. The second-order valence-corrected chi connectivity index (χ2v) is 5.86. The summed E-state index contributed by atoms with van der Waals surface area (Å²) in [5, 5.41) is 5.50. The molecule has 0 radical (unpaired) electrons. The summed E-state index contributed by atoms with van der Waals surface area (Å²) in [6, 6.07) is 12.4. The summed E-state index contributed by atoms with van der Waals surface area (Å²) in [6.07, 6.45) is 0.774. The van der Waals surface area contributed by atoms with Crippen molar-refractivity contribution in [2.75, 3.05) is 32.6 Å². The van der Waals surface area contributed by atoms with Crippen LogP contribution >= 0.6 is 0 Å². The molecule has 0 unspecified atom stereocenters. The van der Waals surface area contributed by atoms with Crippen LogP contribution in [0.5, 0.6) is 11.5 Å². The Kier molecular flexibility index (Phi) is 7.63. The lowest BCUT2D eigenvalue weighted by Gasteiger charge is -2.12. The Morgan fingerprint density at radius 1 is 1.04 bits per heavy atom. The summed E-state index contributed by atoms with van der Waals surface area (Å²) in [5.74, 6) is 0.892. The predicted molar refractivity (Wildman–Crippen MR) is 104 cm³/mol. The Labute approximate surface area is 158 Å². The fourth-order valence-electron chi connectivity index (χ4n) is 2.55. The van der Waals surface area contributed by atoms with Gasteiger partial charge >= 0.3 is 0 Å². The van der Waals surface area contributed by atoms with Crippen LogP contribution in [0.25, 0.3) is 0 Å². The molecule has 2 aromatic rings. The van der Waals surface area contributed by atoms with E-state index in [0.29, 0.717) is 42.3 Å². The molecule has 27 heavy (non-hydrogen) atoms. The minimum Gasteiger partial charge on any atom is -0.497 e. The van der Waals surface area contributed by atoms with Crippen molar-refractivity contribution < 1.29 is 19.1 Å². The first-order valence-corrected chi connectivity index (χ1v) is 8.66. The second-order valence-electron chi connectivity index (χ2n) is 5.86. The average Bonchev–Trinajstić information content (AvgIpc) is 2.70. The first-order valence-electron chi connectivity index (χ1n) is 8.66. The summed E-state index contributed by atoms with van der Waals surface area (Å²) in [7, 11) is 3.16. The number of hydrogen-bond donors (Lipinski definition) is 3. The van der Waals surface area contributed by atoms with Gasteiger partial charge in [-0.2, -0.15) is 0 Å². The van der Waals surface area contributed by atoms with E-state index in [1.807, 2.05) is 12.1 Å². The third-order valence-corrected chi connectivity index (χ3v) is 3.93. The van der Waals surface area contributed by atoms with Crippen molar-refractivity contribution in [3.05, 3.63) is 53.6 Å². The van der Waals surface area contributed by atoms with Gasteiger partial charge in [0, 0.05) is 25.6 Å². The maximum atomic E-state index is 12.4. The van der Waals surface area contributed by atoms with Crippen LogP contribution in [0, 0.1) is 0 Å². The molecule has 4 N–H and O–H groups in total. The fraction of sp³-hybridized carbons (Fsp3) is 0.300. The molecular formula is C20H25N3O4. The van der Waals surface area contributed by atoms with Crippen molar-refractivity contribution >= 4 is 17.5 Å². The van der Waals surface area contributed by atoms with Crippen LogP contribution in [0.15, 0.2) is 42.5 Å². The van der Waals surface area contributed by atoms with Crippen molar-refractivity contribution in [2.45, 2.75) is 12.8 Å². The summed E-state index contributed by atoms with van der Waals surface area (Å²) >= 11 is 0. The molecule has 0 heterocycles. The molecule has 0 saturated heterocycles. The van der Waals surface area contributed by atoms with E-state index in [2.05, 4.69) is 10.6 Å². The maximum absolute atomic E-state index is 12.4. The molecule has 2 rings (SSSR count). The molecule has 7 heteroatoms. The Morgan fingerprint density at radius 3 is 2.33 bits per heavy atom. The Bertz CT molecular complexity index is 770. The minimum absolute atomic E-state index is 0.184. The number of hydrogen-bond acceptors (Lipinski definition) is 5. The normalized spacial score (nSPS) is 10.2. The summed E-state index contributed by atoms with van der Waals surface area (Å²) in [6.45, 7) is 0.725. The van der Waals surface area contributed by atoms with Crippen molar-refractivity contribution in [1.82, 2.24) is 5.32 Å². The van der Waals surface area contributed by atoms with E-state index in [4.69, 9.17) is 15.2 Å². The molecule has 0 aliphatic rings. The van der Waals surface area contributed by atoms with Crippen LogP contribution in [-0.2, 0) is 11.2 Å². The Hall–Kier alpha value is -3.06. The van der Waals surface area contributed by atoms with Gasteiger partial charge in [-0.05, 0) is 36.2 Å². The molecule has 144 valence electrons. The highest BCUT2D eigenvalue weighted by molar-refractivity contribution is 6.03. The predicted octanol–water partition coefficient (Wildman–Crippen LogP) is 1.96. The number of carbonyl (C=O) groups excluding carboxylic acids is 2. The smallest absolute Gasteiger partial charge is 0.253 e.